The summed E-state index contributed by atoms with van der Waals surface area (Å²) in [6.45, 7) is 5.96. The Morgan fingerprint density at radius 1 is 1.11 bits per heavy atom. The van der Waals surface area contributed by atoms with Crippen molar-refractivity contribution in [3.8, 4) is 11.1 Å². The molecule has 0 radical (unpaired) electrons. The highest BCUT2D eigenvalue weighted by Crippen LogP contribution is 2.23. The summed E-state index contributed by atoms with van der Waals surface area (Å²) in [6.07, 6.45) is 2.67. The van der Waals surface area contributed by atoms with Crippen LogP contribution in [0.1, 0.15) is 33.6 Å². The highest BCUT2D eigenvalue weighted by Gasteiger charge is 2.36. The van der Waals surface area contributed by atoms with Gasteiger partial charge in [0.25, 0.3) is 0 Å². The molecule has 1 aromatic carbocycles. The summed E-state index contributed by atoms with van der Waals surface area (Å²) in [5.41, 5.74) is 1.45. The number of nitrogens with zero attached hydrogens (tertiary/aromatic N) is 2. The van der Waals surface area contributed by atoms with Crippen LogP contribution in [0, 0.1) is 0 Å². The number of anilines is 1. The molecule has 1 saturated heterocycles. The van der Waals surface area contributed by atoms with Gasteiger partial charge in [0.2, 0.25) is 5.91 Å². The van der Waals surface area contributed by atoms with E-state index in [0.717, 1.165) is 17.5 Å². The van der Waals surface area contributed by atoms with Crippen molar-refractivity contribution in [1.82, 2.24) is 9.88 Å². The molecule has 6 nitrogen and oxygen atoms in total. The van der Waals surface area contributed by atoms with E-state index in [2.05, 4.69) is 10.3 Å². The van der Waals surface area contributed by atoms with Crippen LogP contribution >= 0.6 is 0 Å². The van der Waals surface area contributed by atoms with Crippen LogP contribution in [0.25, 0.3) is 11.1 Å². The molecule has 3 rings (SSSR count). The van der Waals surface area contributed by atoms with E-state index in [4.69, 9.17) is 4.74 Å². The third-order valence-corrected chi connectivity index (χ3v) is 4.31. The zero-order valence-corrected chi connectivity index (χ0v) is 15.9. The minimum atomic E-state index is -0.588. The Bertz CT molecular complexity index is 798. The van der Waals surface area contributed by atoms with Gasteiger partial charge in [-0.05, 0) is 51.3 Å². The SMILES string of the molecule is CC(C)(C)OC(=O)N1CCC[C@H]1C(=O)Nc1ccc(-c2ccccc2)cn1. The van der Waals surface area contributed by atoms with Crippen LogP contribution in [-0.2, 0) is 9.53 Å². The van der Waals surface area contributed by atoms with Gasteiger partial charge in [-0.3, -0.25) is 9.69 Å². The second-order valence-electron chi connectivity index (χ2n) is 7.62. The minimum Gasteiger partial charge on any atom is -0.444 e. The number of pyridine rings is 1. The van der Waals surface area contributed by atoms with Crippen LogP contribution in [0.2, 0.25) is 0 Å². The van der Waals surface area contributed by atoms with E-state index in [0.29, 0.717) is 18.8 Å². The fraction of sp³-hybridized carbons (Fsp3) is 0.381. The molecule has 1 aliphatic heterocycles. The summed E-state index contributed by atoms with van der Waals surface area (Å²) in [5, 5.41) is 2.81. The zero-order chi connectivity index (χ0) is 19.4. The maximum atomic E-state index is 12.6. The Morgan fingerprint density at radius 3 is 2.48 bits per heavy atom. The van der Waals surface area contributed by atoms with Crippen LogP contribution in [-0.4, -0.2) is 40.1 Å². The summed E-state index contributed by atoms with van der Waals surface area (Å²) in [5.74, 6) is 0.231. The van der Waals surface area contributed by atoms with E-state index in [1.165, 1.54) is 4.90 Å². The lowest BCUT2D eigenvalue weighted by molar-refractivity contribution is -0.120. The third-order valence-electron chi connectivity index (χ3n) is 4.31. The Hall–Kier alpha value is -2.89. The molecule has 2 aromatic rings. The first-order valence-electron chi connectivity index (χ1n) is 9.15. The Kier molecular flexibility index (Phi) is 5.44. The van der Waals surface area contributed by atoms with Gasteiger partial charge in [-0.15, -0.1) is 0 Å². The van der Waals surface area contributed by atoms with Crippen molar-refractivity contribution in [2.45, 2.75) is 45.3 Å². The number of nitrogens with one attached hydrogen (secondary N) is 1. The van der Waals surface area contributed by atoms with Crippen molar-refractivity contribution in [3.63, 3.8) is 0 Å². The lowest BCUT2D eigenvalue weighted by Crippen LogP contribution is -2.45. The van der Waals surface area contributed by atoms with E-state index in [1.807, 2.05) is 57.2 Å². The highest BCUT2D eigenvalue weighted by molar-refractivity contribution is 5.96. The van der Waals surface area contributed by atoms with Crippen LogP contribution in [0.15, 0.2) is 48.7 Å². The maximum absolute atomic E-state index is 12.6. The molecular formula is C21H25N3O3. The number of ether oxygens (including phenoxy) is 1. The molecule has 2 amide bonds. The molecule has 6 heteroatoms. The van der Waals surface area contributed by atoms with E-state index < -0.39 is 17.7 Å². The van der Waals surface area contributed by atoms with Gasteiger partial charge in [-0.25, -0.2) is 9.78 Å². The largest absolute Gasteiger partial charge is 0.444 e. The Labute approximate surface area is 159 Å². The lowest BCUT2D eigenvalue weighted by Gasteiger charge is -2.27. The molecule has 1 atom stereocenters. The van der Waals surface area contributed by atoms with E-state index >= 15 is 0 Å². The second-order valence-corrected chi connectivity index (χ2v) is 7.62. The van der Waals surface area contributed by atoms with E-state index in [1.54, 1.807) is 12.3 Å². The van der Waals surface area contributed by atoms with Crippen LogP contribution in [0.3, 0.4) is 0 Å². The number of carbonyl (C=O) groups excluding carboxylic acids is 2. The molecule has 0 aliphatic carbocycles. The molecule has 0 saturated carbocycles. The average Bonchev–Trinajstić information content (AvgIpc) is 3.12. The molecule has 142 valence electrons. The molecule has 0 spiro atoms. The predicted octanol–water partition coefficient (Wildman–Crippen LogP) is 4.09. The Balaban J connectivity index is 1.65. The number of likely N-dealkylation sites (tertiary alicyclic amines) is 1. The number of carbonyl (C=O) groups is 2. The first-order valence-corrected chi connectivity index (χ1v) is 9.15. The quantitative estimate of drug-likeness (QED) is 0.887. The van der Waals surface area contributed by atoms with Gasteiger partial charge >= 0.3 is 6.09 Å². The second kappa shape index (κ2) is 7.78. The highest BCUT2D eigenvalue weighted by atomic mass is 16.6. The topological polar surface area (TPSA) is 71.5 Å². The molecule has 1 aliphatic rings. The van der Waals surface area contributed by atoms with Crippen LogP contribution in [0.5, 0.6) is 0 Å². The van der Waals surface area contributed by atoms with Crippen LogP contribution < -0.4 is 5.32 Å². The minimum absolute atomic E-state index is 0.238. The Morgan fingerprint density at radius 2 is 1.85 bits per heavy atom. The first kappa shape index (κ1) is 18.9. The average molecular weight is 367 g/mol. The number of hydrogen-bond donors (Lipinski definition) is 1. The van der Waals surface area contributed by atoms with Crippen molar-refractivity contribution in [2.24, 2.45) is 0 Å². The molecule has 1 fully saturated rings. The molecular weight excluding hydrogens is 342 g/mol. The summed E-state index contributed by atoms with van der Waals surface area (Å²) >= 11 is 0. The fourth-order valence-electron chi connectivity index (χ4n) is 3.06. The number of hydrogen-bond acceptors (Lipinski definition) is 4. The summed E-state index contributed by atoms with van der Waals surface area (Å²) in [4.78, 5) is 30.8. The number of rotatable bonds is 3. The van der Waals surface area contributed by atoms with E-state index in [-0.39, 0.29) is 5.91 Å². The third kappa shape index (κ3) is 4.84. The van der Waals surface area contributed by atoms with Gasteiger partial charge < -0.3 is 10.1 Å². The van der Waals surface area contributed by atoms with Crippen molar-refractivity contribution in [1.29, 1.82) is 0 Å². The summed E-state index contributed by atoms with van der Waals surface area (Å²) in [6, 6.07) is 13.1. The monoisotopic (exact) mass is 367 g/mol. The number of aromatic nitrogens is 1. The molecule has 1 N–H and O–H groups in total. The normalized spacial score (nSPS) is 16.9. The lowest BCUT2D eigenvalue weighted by atomic mass is 10.1. The molecule has 0 bridgehead atoms. The van der Waals surface area contributed by atoms with Gasteiger partial charge in [0.1, 0.15) is 17.5 Å². The summed E-state index contributed by atoms with van der Waals surface area (Å²) < 4.78 is 5.41. The first-order chi connectivity index (χ1) is 12.8. The van der Waals surface area contributed by atoms with Gasteiger partial charge in [0, 0.05) is 18.3 Å². The van der Waals surface area contributed by atoms with Crippen molar-refractivity contribution >= 4 is 17.8 Å². The van der Waals surface area contributed by atoms with Crippen LogP contribution in [0.4, 0.5) is 10.6 Å². The predicted molar refractivity (Wildman–Crippen MR) is 104 cm³/mol. The van der Waals surface area contributed by atoms with Crippen molar-refractivity contribution in [2.75, 3.05) is 11.9 Å². The van der Waals surface area contributed by atoms with Crippen molar-refractivity contribution < 1.29 is 14.3 Å². The van der Waals surface area contributed by atoms with Gasteiger partial charge in [-0.2, -0.15) is 0 Å². The van der Waals surface area contributed by atoms with Crippen molar-refractivity contribution in [3.05, 3.63) is 48.7 Å². The standard InChI is InChI=1S/C21H25N3O3/c1-21(2,3)27-20(26)24-13-7-10-17(24)19(25)23-18-12-11-16(14-22-18)15-8-5-4-6-9-15/h4-6,8-9,11-12,14,17H,7,10,13H2,1-3H3,(H,22,23,25)/t17-/m0/s1. The maximum Gasteiger partial charge on any atom is 0.410 e. The number of amides is 2. The molecule has 1 aromatic heterocycles. The summed E-state index contributed by atoms with van der Waals surface area (Å²) in [7, 11) is 0. The fourth-order valence-corrected chi connectivity index (χ4v) is 3.06. The number of benzene rings is 1. The van der Waals surface area contributed by atoms with Gasteiger partial charge in [0.05, 0.1) is 0 Å². The smallest absolute Gasteiger partial charge is 0.410 e. The molecule has 27 heavy (non-hydrogen) atoms. The molecule has 0 unspecified atom stereocenters. The van der Waals surface area contributed by atoms with Gasteiger partial charge in [0.15, 0.2) is 0 Å². The zero-order valence-electron chi connectivity index (χ0n) is 15.9. The van der Waals surface area contributed by atoms with Gasteiger partial charge in [-0.1, -0.05) is 30.3 Å². The molecule has 2 heterocycles. The van der Waals surface area contributed by atoms with E-state index in [9.17, 15) is 9.59 Å².